The van der Waals surface area contributed by atoms with Crippen LogP contribution in [0.4, 0.5) is 0 Å². The molecule has 1 aliphatic rings. The van der Waals surface area contributed by atoms with Gasteiger partial charge in [0.25, 0.3) is 0 Å². The second-order valence-corrected chi connectivity index (χ2v) is 8.70. The van der Waals surface area contributed by atoms with Gasteiger partial charge >= 0.3 is 0 Å². The van der Waals surface area contributed by atoms with E-state index in [1.54, 1.807) is 6.20 Å². The number of likely N-dealkylation sites (N-methyl/N-ethyl adjacent to an activating group) is 1. The summed E-state index contributed by atoms with van der Waals surface area (Å²) in [6, 6.07) is 13.7. The third kappa shape index (κ3) is 4.49. The first-order valence-electron chi connectivity index (χ1n) is 9.69. The maximum absolute atomic E-state index is 12.8. The zero-order valence-corrected chi connectivity index (χ0v) is 17.3. The molecule has 29 heavy (non-hydrogen) atoms. The highest BCUT2D eigenvalue weighted by Gasteiger charge is 2.22. The summed E-state index contributed by atoms with van der Waals surface area (Å²) in [5, 5.41) is 4.53. The van der Waals surface area contributed by atoms with Gasteiger partial charge in [0.15, 0.2) is 0 Å². The number of aromatic nitrogens is 3. The number of benzene rings is 1. The molecule has 0 spiro atoms. The van der Waals surface area contributed by atoms with Gasteiger partial charge in [-0.25, -0.2) is 4.68 Å². The van der Waals surface area contributed by atoms with Crippen molar-refractivity contribution in [1.82, 2.24) is 24.1 Å². The summed E-state index contributed by atoms with van der Waals surface area (Å²) in [5.74, 6) is 1.15. The molecule has 0 radical (unpaired) electrons. The van der Waals surface area contributed by atoms with E-state index in [0.29, 0.717) is 18.8 Å². The van der Waals surface area contributed by atoms with Gasteiger partial charge in [0.05, 0.1) is 17.6 Å². The molecule has 0 bridgehead atoms. The van der Waals surface area contributed by atoms with Gasteiger partial charge in [0, 0.05) is 54.9 Å². The van der Waals surface area contributed by atoms with Crippen molar-refractivity contribution in [3.05, 3.63) is 66.6 Å². The molecule has 1 aromatic carbocycles. The highest BCUT2D eigenvalue weighted by molar-refractivity contribution is 7.84. The minimum atomic E-state index is -1.30. The van der Waals surface area contributed by atoms with Crippen molar-refractivity contribution in [1.29, 1.82) is 0 Å². The fraction of sp³-hybridized carbons (Fsp3) is 0.333. The Labute approximate surface area is 173 Å². The van der Waals surface area contributed by atoms with Crippen molar-refractivity contribution in [2.75, 3.05) is 39.0 Å². The third-order valence-electron chi connectivity index (χ3n) is 5.12. The van der Waals surface area contributed by atoms with Crippen LogP contribution in [0.15, 0.2) is 61.1 Å². The van der Waals surface area contributed by atoms with E-state index >= 15 is 0 Å². The molecule has 4 rings (SSSR count). The number of carbonyl (C=O) groups excluding carboxylic acids is 1. The maximum Gasteiger partial charge on any atom is 0.235 e. The Morgan fingerprint density at radius 1 is 1.03 bits per heavy atom. The predicted molar refractivity (Wildman–Crippen MR) is 114 cm³/mol. The van der Waals surface area contributed by atoms with Crippen molar-refractivity contribution in [3.63, 3.8) is 0 Å². The van der Waals surface area contributed by atoms with Crippen LogP contribution >= 0.6 is 0 Å². The number of nitrogens with zero attached hydrogens (tertiary/aromatic N) is 5. The first-order chi connectivity index (χ1) is 14.1. The molecule has 3 aromatic rings. The van der Waals surface area contributed by atoms with E-state index in [4.69, 9.17) is 0 Å². The van der Waals surface area contributed by atoms with Crippen molar-refractivity contribution in [2.24, 2.45) is 0 Å². The van der Waals surface area contributed by atoms with Crippen LogP contribution in [0.1, 0.15) is 5.56 Å². The van der Waals surface area contributed by atoms with Crippen LogP contribution in [-0.2, 0) is 21.3 Å². The summed E-state index contributed by atoms with van der Waals surface area (Å²) in [4.78, 5) is 16.5. The summed E-state index contributed by atoms with van der Waals surface area (Å²) < 4.78 is 16.6. The molecule has 1 atom stereocenters. The fourth-order valence-corrected chi connectivity index (χ4v) is 4.61. The molecular weight excluding hydrogens is 386 g/mol. The van der Waals surface area contributed by atoms with Crippen LogP contribution in [0.25, 0.3) is 11.5 Å². The maximum atomic E-state index is 12.8. The first kappa shape index (κ1) is 19.6. The minimum absolute atomic E-state index is 0.0330. The van der Waals surface area contributed by atoms with Gasteiger partial charge in [0.1, 0.15) is 11.6 Å². The molecule has 0 N–H and O–H groups in total. The molecule has 1 unspecified atom stereocenters. The zero-order chi connectivity index (χ0) is 20.2. The highest BCUT2D eigenvalue weighted by atomic mass is 32.2. The molecule has 1 saturated heterocycles. The van der Waals surface area contributed by atoms with Gasteiger partial charge in [-0.3, -0.25) is 9.00 Å². The van der Waals surface area contributed by atoms with Gasteiger partial charge < -0.3 is 14.4 Å². The van der Waals surface area contributed by atoms with Crippen molar-refractivity contribution in [2.45, 2.75) is 5.75 Å². The molecule has 1 fully saturated rings. The number of para-hydroxylation sites is 1. The Hall–Kier alpha value is -2.71. The molecular formula is C21H25N5O2S. The quantitative estimate of drug-likeness (QED) is 0.619. The van der Waals surface area contributed by atoms with E-state index in [1.165, 1.54) is 0 Å². The average molecular weight is 412 g/mol. The van der Waals surface area contributed by atoms with E-state index < -0.39 is 10.8 Å². The number of rotatable bonds is 6. The van der Waals surface area contributed by atoms with Crippen LogP contribution < -0.4 is 0 Å². The molecule has 0 saturated carbocycles. The Morgan fingerprint density at radius 3 is 2.41 bits per heavy atom. The minimum Gasteiger partial charge on any atom is -0.339 e. The molecule has 2 aromatic heterocycles. The summed E-state index contributed by atoms with van der Waals surface area (Å²) in [5.41, 5.74) is 1.79. The monoisotopic (exact) mass is 411 g/mol. The van der Waals surface area contributed by atoms with Gasteiger partial charge in [0.2, 0.25) is 5.91 Å². The first-order valence-corrected chi connectivity index (χ1v) is 11.2. The summed E-state index contributed by atoms with van der Waals surface area (Å²) in [7, 11) is 0.751. The molecule has 0 aliphatic carbocycles. The van der Waals surface area contributed by atoms with E-state index in [-0.39, 0.29) is 11.7 Å². The van der Waals surface area contributed by atoms with Crippen LogP contribution in [0, 0.1) is 0 Å². The Bertz CT molecular complexity index is 976. The normalized spacial score (nSPS) is 16.1. The molecule has 3 heterocycles. The lowest BCUT2D eigenvalue weighted by Gasteiger charge is -2.32. The molecule has 1 amide bonds. The SMILES string of the molecule is CN1CCN(C(=O)CS(=O)Cc2cnn(-c3ccccc3)c2-n2cccc2)CC1. The molecule has 152 valence electrons. The Morgan fingerprint density at radius 2 is 1.72 bits per heavy atom. The van der Waals surface area contributed by atoms with Crippen molar-refractivity contribution in [3.8, 4) is 11.5 Å². The lowest BCUT2D eigenvalue weighted by molar-refractivity contribution is -0.129. The second kappa shape index (κ2) is 8.75. The zero-order valence-electron chi connectivity index (χ0n) is 16.5. The summed E-state index contributed by atoms with van der Waals surface area (Å²) in [6.45, 7) is 3.13. The van der Waals surface area contributed by atoms with Crippen LogP contribution in [-0.4, -0.2) is 73.2 Å². The van der Waals surface area contributed by atoms with Crippen LogP contribution in [0.5, 0.6) is 0 Å². The van der Waals surface area contributed by atoms with Gasteiger partial charge in [-0.15, -0.1) is 0 Å². The Balaban J connectivity index is 1.52. The summed E-state index contributed by atoms with van der Waals surface area (Å²) >= 11 is 0. The van der Waals surface area contributed by atoms with E-state index in [0.717, 1.165) is 30.2 Å². The van der Waals surface area contributed by atoms with E-state index in [1.807, 2.05) is 76.1 Å². The standard InChI is InChI=1S/C21H25N5O2S/c1-23-11-13-24(14-12-23)20(27)17-29(28)16-18-15-22-26(19-7-3-2-4-8-19)21(18)25-9-5-6-10-25/h2-10,15H,11-14,16-17H2,1H3. The number of hydrogen-bond donors (Lipinski definition) is 0. The number of carbonyl (C=O) groups is 1. The topological polar surface area (TPSA) is 63.4 Å². The van der Waals surface area contributed by atoms with Gasteiger partial charge in [-0.05, 0) is 31.3 Å². The lowest BCUT2D eigenvalue weighted by atomic mass is 10.3. The average Bonchev–Trinajstić information content (AvgIpc) is 3.38. The second-order valence-electron chi connectivity index (χ2n) is 7.24. The summed E-state index contributed by atoms with van der Waals surface area (Å²) in [6.07, 6.45) is 5.64. The molecule has 7 nitrogen and oxygen atoms in total. The third-order valence-corrected chi connectivity index (χ3v) is 6.33. The molecule has 1 aliphatic heterocycles. The molecule has 8 heteroatoms. The number of hydrogen-bond acceptors (Lipinski definition) is 4. The highest BCUT2D eigenvalue weighted by Crippen LogP contribution is 2.21. The van der Waals surface area contributed by atoms with E-state index in [2.05, 4.69) is 10.00 Å². The smallest absolute Gasteiger partial charge is 0.235 e. The number of piperazine rings is 1. The lowest BCUT2D eigenvalue weighted by Crippen LogP contribution is -2.48. The largest absolute Gasteiger partial charge is 0.339 e. The van der Waals surface area contributed by atoms with Crippen LogP contribution in [0.3, 0.4) is 0 Å². The Kier molecular flexibility index (Phi) is 5.92. The predicted octanol–water partition coefficient (Wildman–Crippen LogP) is 1.69. The van der Waals surface area contributed by atoms with Crippen LogP contribution in [0.2, 0.25) is 0 Å². The van der Waals surface area contributed by atoms with Crippen molar-refractivity contribution < 1.29 is 9.00 Å². The number of amides is 1. The van der Waals surface area contributed by atoms with Gasteiger partial charge in [-0.1, -0.05) is 18.2 Å². The van der Waals surface area contributed by atoms with Crippen molar-refractivity contribution >= 4 is 16.7 Å². The van der Waals surface area contributed by atoms with E-state index in [9.17, 15) is 9.00 Å². The fourth-order valence-electron chi connectivity index (χ4n) is 3.50. The van der Waals surface area contributed by atoms with Gasteiger partial charge in [-0.2, -0.15) is 5.10 Å².